The quantitative estimate of drug-likeness (QED) is 0.710. The number of rotatable bonds is 4. The maximum absolute atomic E-state index is 12.9. The number of hydrogen-bond acceptors (Lipinski definition) is 3. The van der Waals surface area contributed by atoms with E-state index in [1.54, 1.807) is 23.4 Å². The summed E-state index contributed by atoms with van der Waals surface area (Å²) >= 11 is 6.05. The third-order valence-corrected chi connectivity index (χ3v) is 5.07. The van der Waals surface area contributed by atoms with Gasteiger partial charge in [-0.05, 0) is 60.7 Å². The highest BCUT2D eigenvalue weighted by atomic mass is 35.5. The summed E-state index contributed by atoms with van der Waals surface area (Å²) in [6.07, 6.45) is 7.96. The number of carbonyl (C=O) groups excluding carboxylic acids is 1. The average molecular weight is 367 g/mol. The molecule has 1 aromatic carbocycles. The van der Waals surface area contributed by atoms with Crippen molar-refractivity contribution in [1.29, 1.82) is 0 Å². The molecule has 6 heteroatoms. The third kappa shape index (κ3) is 3.22. The van der Waals surface area contributed by atoms with Crippen LogP contribution in [0.5, 0.6) is 0 Å². The zero-order valence-corrected chi connectivity index (χ0v) is 15.3. The maximum Gasteiger partial charge on any atom is 0.258 e. The van der Waals surface area contributed by atoms with Crippen LogP contribution in [-0.2, 0) is 26.3 Å². The van der Waals surface area contributed by atoms with E-state index in [2.05, 4.69) is 16.1 Å². The first-order valence-corrected chi connectivity index (χ1v) is 9.01. The van der Waals surface area contributed by atoms with E-state index >= 15 is 0 Å². The van der Waals surface area contributed by atoms with Crippen molar-refractivity contribution in [2.24, 2.45) is 7.05 Å². The Morgan fingerprint density at radius 1 is 1.15 bits per heavy atom. The topological polar surface area (TPSA) is 51.0 Å². The fraction of sp³-hybridized carbons (Fsp3) is 0.250. The van der Waals surface area contributed by atoms with E-state index in [-0.39, 0.29) is 5.91 Å². The second-order valence-electron chi connectivity index (χ2n) is 6.51. The van der Waals surface area contributed by atoms with Gasteiger partial charge in [0.05, 0.1) is 11.9 Å². The van der Waals surface area contributed by atoms with E-state index in [1.165, 1.54) is 5.69 Å². The van der Waals surface area contributed by atoms with Crippen molar-refractivity contribution in [3.8, 4) is 0 Å². The Bertz CT molecular complexity index is 966. The molecule has 26 heavy (non-hydrogen) atoms. The number of aromatic nitrogens is 3. The Hall–Kier alpha value is -2.66. The molecular formula is C20H19ClN4O. The number of pyridine rings is 1. The van der Waals surface area contributed by atoms with Gasteiger partial charge in [-0.15, -0.1) is 0 Å². The van der Waals surface area contributed by atoms with Crippen molar-refractivity contribution in [3.63, 3.8) is 0 Å². The van der Waals surface area contributed by atoms with Crippen LogP contribution in [0.3, 0.4) is 0 Å². The number of aryl methyl sites for hydroxylation is 3. The Labute approximate surface area is 157 Å². The minimum atomic E-state index is 0.00787. The first kappa shape index (κ1) is 16.8. The molecule has 2 aromatic heterocycles. The molecule has 5 nitrogen and oxygen atoms in total. The van der Waals surface area contributed by atoms with E-state index in [0.717, 1.165) is 41.6 Å². The molecule has 0 unspecified atom stereocenters. The van der Waals surface area contributed by atoms with E-state index in [1.807, 2.05) is 36.1 Å². The molecule has 132 valence electrons. The zero-order valence-electron chi connectivity index (χ0n) is 14.5. The molecular weight excluding hydrogens is 348 g/mol. The van der Waals surface area contributed by atoms with Crippen LogP contribution < -0.4 is 4.90 Å². The lowest BCUT2D eigenvalue weighted by atomic mass is 9.98. The lowest BCUT2D eigenvalue weighted by molar-refractivity contribution is 0.0980. The van der Waals surface area contributed by atoms with Gasteiger partial charge in [-0.25, -0.2) is 0 Å². The van der Waals surface area contributed by atoms with Gasteiger partial charge in [0.15, 0.2) is 0 Å². The minimum absolute atomic E-state index is 0.00787. The Balaban J connectivity index is 1.54. The van der Waals surface area contributed by atoms with Gasteiger partial charge in [-0.1, -0.05) is 11.6 Å². The zero-order chi connectivity index (χ0) is 18.1. The highest BCUT2D eigenvalue weighted by molar-refractivity contribution is 6.30. The number of benzene rings is 1. The van der Waals surface area contributed by atoms with Crippen LogP contribution in [0.1, 0.15) is 27.2 Å². The first-order valence-electron chi connectivity index (χ1n) is 8.63. The van der Waals surface area contributed by atoms with Crippen LogP contribution in [-0.4, -0.2) is 27.2 Å². The molecule has 0 bridgehead atoms. The molecule has 0 spiro atoms. The molecule has 0 radical (unpaired) electrons. The van der Waals surface area contributed by atoms with Crippen LogP contribution in [0, 0.1) is 0 Å². The summed E-state index contributed by atoms with van der Waals surface area (Å²) in [5, 5.41) is 4.87. The molecule has 1 aliphatic rings. The number of carbonyl (C=O) groups is 1. The predicted molar refractivity (Wildman–Crippen MR) is 102 cm³/mol. The SMILES string of the molecule is Cn1nccc1CCc1cncc(N2CCc3cc(Cl)ccc3C2=O)c1. The molecule has 1 aliphatic heterocycles. The molecule has 3 aromatic rings. The number of fused-ring (bicyclic) bond motifs is 1. The van der Waals surface area contributed by atoms with Gasteiger partial charge in [0, 0.05) is 42.3 Å². The maximum atomic E-state index is 12.9. The summed E-state index contributed by atoms with van der Waals surface area (Å²) in [6, 6.07) is 9.54. The summed E-state index contributed by atoms with van der Waals surface area (Å²) in [5.41, 5.74) is 4.87. The molecule has 0 saturated heterocycles. The molecule has 0 N–H and O–H groups in total. The van der Waals surface area contributed by atoms with Crippen LogP contribution in [0.2, 0.25) is 5.02 Å². The largest absolute Gasteiger partial charge is 0.306 e. The minimum Gasteiger partial charge on any atom is -0.306 e. The predicted octanol–water partition coefficient (Wildman–Crippen LogP) is 3.46. The lowest BCUT2D eigenvalue weighted by Gasteiger charge is -2.28. The third-order valence-electron chi connectivity index (χ3n) is 4.83. The van der Waals surface area contributed by atoms with Gasteiger partial charge in [0.2, 0.25) is 0 Å². The summed E-state index contributed by atoms with van der Waals surface area (Å²) in [5.74, 6) is 0.00787. The fourth-order valence-electron chi connectivity index (χ4n) is 3.38. The van der Waals surface area contributed by atoms with Crippen molar-refractivity contribution < 1.29 is 4.79 Å². The Kier molecular flexibility index (Phi) is 4.47. The summed E-state index contributed by atoms with van der Waals surface area (Å²) in [7, 11) is 1.94. The van der Waals surface area contributed by atoms with Crippen molar-refractivity contribution in [3.05, 3.63) is 76.3 Å². The van der Waals surface area contributed by atoms with Gasteiger partial charge < -0.3 is 4.90 Å². The van der Waals surface area contributed by atoms with E-state index in [9.17, 15) is 4.79 Å². The van der Waals surface area contributed by atoms with Crippen molar-refractivity contribution in [2.45, 2.75) is 19.3 Å². The van der Waals surface area contributed by atoms with Crippen molar-refractivity contribution in [1.82, 2.24) is 14.8 Å². The number of hydrogen-bond donors (Lipinski definition) is 0. The second kappa shape index (κ2) is 6.92. The van der Waals surface area contributed by atoms with Gasteiger partial charge >= 0.3 is 0 Å². The number of halogens is 1. The smallest absolute Gasteiger partial charge is 0.258 e. The standard InChI is InChI=1S/C20H19ClN4O/c1-24-17(6-8-23-24)4-2-14-10-18(13-22-12-14)25-9-7-15-11-16(21)3-5-19(15)20(25)26/h3,5-6,8,10-13H,2,4,7,9H2,1H3. The van der Waals surface area contributed by atoms with Crippen LogP contribution in [0.15, 0.2) is 48.9 Å². The van der Waals surface area contributed by atoms with Crippen LogP contribution in [0.25, 0.3) is 0 Å². The number of amides is 1. The van der Waals surface area contributed by atoms with Gasteiger partial charge in [0.1, 0.15) is 0 Å². The van der Waals surface area contributed by atoms with Crippen LogP contribution >= 0.6 is 11.6 Å². The summed E-state index contributed by atoms with van der Waals surface area (Å²) in [4.78, 5) is 19.0. The summed E-state index contributed by atoms with van der Waals surface area (Å²) in [6.45, 7) is 0.638. The van der Waals surface area contributed by atoms with E-state index < -0.39 is 0 Å². The molecule has 0 aliphatic carbocycles. The van der Waals surface area contributed by atoms with Gasteiger partial charge in [-0.3, -0.25) is 14.5 Å². The fourth-order valence-corrected chi connectivity index (χ4v) is 3.58. The normalized spacial score (nSPS) is 13.8. The number of anilines is 1. The number of nitrogens with zero attached hydrogens (tertiary/aromatic N) is 4. The molecule has 3 heterocycles. The van der Waals surface area contributed by atoms with Gasteiger partial charge in [0.25, 0.3) is 5.91 Å². The van der Waals surface area contributed by atoms with E-state index in [0.29, 0.717) is 11.6 Å². The van der Waals surface area contributed by atoms with Crippen molar-refractivity contribution >= 4 is 23.2 Å². The Morgan fingerprint density at radius 2 is 2.04 bits per heavy atom. The Morgan fingerprint density at radius 3 is 2.85 bits per heavy atom. The van der Waals surface area contributed by atoms with Crippen LogP contribution in [0.4, 0.5) is 5.69 Å². The molecule has 0 fully saturated rings. The highest BCUT2D eigenvalue weighted by Gasteiger charge is 2.25. The average Bonchev–Trinajstić information content (AvgIpc) is 3.05. The summed E-state index contributed by atoms with van der Waals surface area (Å²) < 4.78 is 1.88. The van der Waals surface area contributed by atoms with E-state index in [4.69, 9.17) is 11.6 Å². The molecule has 1 amide bonds. The first-order chi connectivity index (χ1) is 12.6. The lowest BCUT2D eigenvalue weighted by Crippen LogP contribution is -2.37. The molecule has 0 atom stereocenters. The second-order valence-corrected chi connectivity index (χ2v) is 6.94. The van der Waals surface area contributed by atoms with Crippen molar-refractivity contribution in [2.75, 3.05) is 11.4 Å². The molecule has 4 rings (SSSR count). The highest BCUT2D eigenvalue weighted by Crippen LogP contribution is 2.26. The molecule has 0 saturated carbocycles. The van der Waals surface area contributed by atoms with Gasteiger partial charge in [-0.2, -0.15) is 5.10 Å². The monoisotopic (exact) mass is 366 g/mol.